The van der Waals surface area contributed by atoms with E-state index in [2.05, 4.69) is 0 Å². The van der Waals surface area contributed by atoms with Crippen molar-refractivity contribution in [2.45, 2.75) is 55.8 Å². The van der Waals surface area contributed by atoms with E-state index >= 15 is 0 Å². The molecule has 23 heavy (non-hydrogen) atoms. The Kier molecular flexibility index (Phi) is 4.79. The number of carboxylic acids is 1. The maximum Gasteiger partial charge on any atom is 0.326 e. The third kappa shape index (κ3) is 3.55. The number of sulfone groups is 1. The van der Waals surface area contributed by atoms with Gasteiger partial charge < -0.3 is 10.0 Å². The third-order valence-corrected chi connectivity index (χ3v) is 6.17. The van der Waals surface area contributed by atoms with Gasteiger partial charge in [0, 0.05) is 11.6 Å². The van der Waals surface area contributed by atoms with Crippen LogP contribution in [0.15, 0.2) is 29.2 Å². The van der Waals surface area contributed by atoms with Gasteiger partial charge in [-0.3, -0.25) is 4.79 Å². The van der Waals surface area contributed by atoms with Gasteiger partial charge >= 0.3 is 5.97 Å². The number of carboxylic acid groups (broad SMARTS) is 1. The summed E-state index contributed by atoms with van der Waals surface area (Å²) >= 11 is 0. The van der Waals surface area contributed by atoms with Crippen LogP contribution in [0.4, 0.5) is 0 Å². The molecule has 0 heterocycles. The lowest BCUT2D eigenvalue weighted by molar-refractivity contribution is -0.141. The molecule has 1 amide bonds. The van der Waals surface area contributed by atoms with Crippen LogP contribution in [0, 0.1) is 0 Å². The lowest BCUT2D eigenvalue weighted by Gasteiger charge is -2.26. The Labute approximate surface area is 136 Å². The van der Waals surface area contributed by atoms with Gasteiger partial charge in [-0.2, -0.15) is 0 Å². The normalized spacial score (nSPS) is 16.2. The lowest BCUT2D eigenvalue weighted by Crippen LogP contribution is -2.44. The second-order valence-electron chi connectivity index (χ2n) is 6.08. The van der Waals surface area contributed by atoms with Crippen LogP contribution >= 0.6 is 0 Å². The molecule has 0 spiro atoms. The first-order valence-electron chi connectivity index (χ1n) is 7.55. The molecule has 1 fully saturated rings. The van der Waals surface area contributed by atoms with Gasteiger partial charge in [0.15, 0.2) is 9.84 Å². The van der Waals surface area contributed by atoms with E-state index in [1.807, 2.05) is 0 Å². The quantitative estimate of drug-likeness (QED) is 0.855. The molecule has 1 unspecified atom stereocenters. The van der Waals surface area contributed by atoms with Gasteiger partial charge in [-0.1, -0.05) is 0 Å². The van der Waals surface area contributed by atoms with Crippen molar-refractivity contribution in [3.8, 4) is 0 Å². The molecule has 0 aromatic heterocycles. The molecule has 126 valence electrons. The first-order chi connectivity index (χ1) is 10.7. The number of nitrogens with zero attached hydrogens (tertiary/aromatic N) is 1. The van der Waals surface area contributed by atoms with Crippen molar-refractivity contribution in [1.29, 1.82) is 0 Å². The number of hydrogen-bond donors (Lipinski definition) is 1. The van der Waals surface area contributed by atoms with Crippen LogP contribution in [0.3, 0.4) is 0 Å². The highest BCUT2D eigenvalue weighted by atomic mass is 32.2. The maximum absolute atomic E-state index is 12.6. The minimum atomic E-state index is -3.39. The molecule has 1 aromatic carbocycles. The SMILES string of the molecule is CC(C(=O)O)N(C(=O)c1ccc(S(=O)(=O)C(C)C)cc1)C1CC1. The van der Waals surface area contributed by atoms with E-state index in [-0.39, 0.29) is 16.8 Å². The molecule has 2 rings (SSSR count). The molecule has 0 radical (unpaired) electrons. The van der Waals surface area contributed by atoms with Crippen molar-refractivity contribution in [1.82, 2.24) is 4.90 Å². The van der Waals surface area contributed by atoms with Crippen molar-refractivity contribution < 1.29 is 23.1 Å². The standard InChI is InChI=1S/C16H21NO5S/c1-10(2)23(21,22)14-8-4-12(5-9-14)15(18)17(13-6-7-13)11(3)16(19)20/h4-5,8-11,13H,6-7H2,1-3H3,(H,19,20). The summed E-state index contributed by atoms with van der Waals surface area (Å²) in [6.45, 7) is 4.67. The highest BCUT2D eigenvalue weighted by Crippen LogP contribution is 2.30. The Morgan fingerprint density at radius 3 is 2.04 bits per heavy atom. The van der Waals surface area contributed by atoms with Crippen LogP contribution in [0.5, 0.6) is 0 Å². The van der Waals surface area contributed by atoms with E-state index in [0.717, 1.165) is 12.8 Å². The summed E-state index contributed by atoms with van der Waals surface area (Å²) in [5.41, 5.74) is 0.299. The summed E-state index contributed by atoms with van der Waals surface area (Å²) in [5, 5.41) is 8.62. The minimum Gasteiger partial charge on any atom is -0.480 e. The Hall–Kier alpha value is -1.89. The molecule has 1 aromatic rings. The van der Waals surface area contributed by atoms with Crippen molar-refractivity contribution in [3.63, 3.8) is 0 Å². The van der Waals surface area contributed by atoms with Gasteiger partial charge in [-0.25, -0.2) is 13.2 Å². The smallest absolute Gasteiger partial charge is 0.326 e. The second kappa shape index (κ2) is 6.31. The molecule has 1 aliphatic rings. The van der Waals surface area contributed by atoms with Crippen molar-refractivity contribution in [3.05, 3.63) is 29.8 Å². The predicted octanol–water partition coefficient (Wildman–Crippen LogP) is 1.95. The number of amides is 1. The van der Waals surface area contributed by atoms with E-state index < -0.39 is 27.1 Å². The first kappa shape index (κ1) is 17.5. The van der Waals surface area contributed by atoms with Crippen molar-refractivity contribution in [2.24, 2.45) is 0 Å². The topological polar surface area (TPSA) is 91.8 Å². The molecule has 0 bridgehead atoms. The number of carbonyl (C=O) groups excluding carboxylic acids is 1. The van der Waals surface area contributed by atoms with Crippen LogP contribution in [0.2, 0.25) is 0 Å². The Morgan fingerprint density at radius 1 is 1.13 bits per heavy atom. The average Bonchev–Trinajstić information content (AvgIpc) is 3.31. The number of aliphatic carboxylic acids is 1. The van der Waals surface area contributed by atoms with Gasteiger partial charge in [-0.15, -0.1) is 0 Å². The molecule has 1 aliphatic carbocycles. The molecule has 0 aliphatic heterocycles. The van der Waals surface area contributed by atoms with Gasteiger partial charge in [0.25, 0.3) is 5.91 Å². The number of rotatable bonds is 6. The summed E-state index contributed by atoms with van der Waals surface area (Å²) in [4.78, 5) is 25.3. The van der Waals surface area contributed by atoms with Crippen molar-refractivity contribution in [2.75, 3.05) is 0 Å². The lowest BCUT2D eigenvalue weighted by atomic mass is 10.1. The maximum atomic E-state index is 12.6. The van der Waals surface area contributed by atoms with E-state index in [1.165, 1.54) is 36.1 Å². The molecular formula is C16H21NO5S. The molecule has 0 saturated heterocycles. The van der Waals surface area contributed by atoms with Crippen LogP contribution in [-0.2, 0) is 14.6 Å². The van der Waals surface area contributed by atoms with E-state index in [9.17, 15) is 18.0 Å². The number of carbonyl (C=O) groups is 2. The second-order valence-corrected chi connectivity index (χ2v) is 8.58. The molecular weight excluding hydrogens is 318 g/mol. The fourth-order valence-electron chi connectivity index (χ4n) is 2.34. The fourth-order valence-corrected chi connectivity index (χ4v) is 3.40. The van der Waals surface area contributed by atoms with Gasteiger partial charge in [0.05, 0.1) is 10.1 Å². The fraction of sp³-hybridized carbons (Fsp3) is 0.500. The highest BCUT2D eigenvalue weighted by Gasteiger charge is 2.38. The Bertz CT molecular complexity index is 704. The Balaban J connectivity index is 2.27. The number of hydrogen-bond acceptors (Lipinski definition) is 4. The highest BCUT2D eigenvalue weighted by molar-refractivity contribution is 7.92. The predicted molar refractivity (Wildman–Crippen MR) is 85.1 cm³/mol. The summed E-state index contributed by atoms with van der Waals surface area (Å²) in [7, 11) is -3.39. The molecule has 1 atom stereocenters. The van der Waals surface area contributed by atoms with E-state index in [0.29, 0.717) is 5.56 Å². The van der Waals surface area contributed by atoms with Crippen molar-refractivity contribution >= 4 is 21.7 Å². The molecule has 1 saturated carbocycles. The van der Waals surface area contributed by atoms with Gasteiger partial charge in [0.2, 0.25) is 0 Å². The summed E-state index contributed by atoms with van der Waals surface area (Å²) in [6, 6.07) is 4.74. The zero-order chi connectivity index (χ0) is 17.4. The zero-order valence-corrected chi connectivity index (χ0v) is 14.2. The van der Waals surface area contributed by atoms with Crippen LogP contribution < -0.4 is 0 Å². The van der Waals surface area contributed by atoms with Crippen LogP contribution in [0.1, 0.15) is 44.0 Å². The molecule has 6 nitrogen and oxygen atoms in total. The molecule has 1 N–H and O–H groups in total. The van der Waals surface area contributed by atoms with Crippen LogP contribution in [0.25, 0.3) is 0 Å². The van der Waals surface area contributed by atoms with E-state index in [4.69, 9.17) is 5.11 Å². The number of benzene rings is 1. The summed E-state index contributed by atoms with van der Waals surface area (Å²) in [6.07, 6.45) is 1.59. The largest absolute Gasteiger partial charge is 0.480 e. The first-order valence-corrected chi connectivity index (χ1v) is 9.10. The van der Waals surface area contributed by atoms with E-state index in [1.54, 1.807) is 13.8 Å². The Morgan fingerprint density at radius 2 is 1.65 bits per heavy atom. The average molecular weight is 339 g/mol. The zero-order valence-electron chi connectivity index (χ0n) is 13.4. The van der Waals surface area contributed by atoms with Gasteiger partial charge in [-0.05, 0) is 57.9 Å². The van der Waals surface area contributed by atoms with Gasteiger partial charge in [0.1, 0.15) is 6.04 Å². The van der Waals surface area contributed by atoms with Crippen LogP contribution in [-0.4, -0.2) is 47.6 Å². The third-order valence-electron chi connectivity index (χ3n) is 4.00. The summed E-state index contributed by atoms with van der Waals surface area (Å²) < 4.78 is 24.2. The summed E-state index contributed by atoms with van der Waals surface area (Å²) in [5.74, 6) is -1.43. The molecule has 7 heteroatoms. The minimum absolute atomic E-state index is 0.0485. The monoisotopic (exact) mass is 339 g/mol.